The molecule has 2 aromatic carbocycles. The van der Waals surface area contributed by atoms with Gasteiger partial charge in [-0.2, -0.15) is 0 Å². The molecule has 0 fully saturated rings. The van der Waals surface area contributed by atoms with Crippen LogP contribution in [0.2, 0.25) is 0 Å². The summed E-state index contributed by atoms with van der Waals surface area (Å²) in [6, 6.07) is 15.2. The number of carbonyl (C=O) groups excluding carboxylic acids is 1. The van der Waals surface area contributed by atoms with Crippen LogP contribution in [-0.2, 0) is 4.79 Å². The quantitative estimate of drug-likeness (QED) is 0.748. The number of methoxy groups -OCH3 is 1. The maximum absolute atomic E-state index is 11.8. The maximum Gasteiger partial charge on any atom is 0.234 e. The van der Waals surface area contributed by atoms with E-state index in [1.165, 1.54) is 0 Å². The van der Waals surface area contributed by atoms with Gasteiger partial charge in [0.05, 0.1) is 19.5 Å². The predicted molar refractivity (Wildman–Crippen MR) is 95.6 cm³/mol. The standard InChI is InChI=1S/C18H21NO3S/c1-14-4-3-5-15(12-14)19-18(20)13-23-11-10-22-17-8-6-16(21-2)7-9-17/h3-9,12H,10-11,13H2,1-2H3,(H,19,20). The van der Waals surface area contributed by atoms with E-state index in [0.717, 1.165) is 28.5 Å². The number of carbonyl (C=O) groups is 1. The molecule has 1 amide bonds. The average Bonchev–Trinajstić information content (AvgIpc) is 2.55. The second kappa shape index (κ2) is 9.10. The number of anilines is 1. The van der Waals surface area contributed by atoms with Gasteiger partial charge in [-0.05, 0) is 48.9 Å². The van der Waals surface area contributed by atoms with Gasteiger partial charge in [0, 0.05) is 11.4 Å². The Hall–Kier alpha value is -2.14. The van der Waals surface area contributed by atoms with Crippen molar-refractivity contribution in [2.24, 2.45) is 0 Å². The van der Waals surface area contributed by atoms with Gasteiger partial charge in [0.25, 0.3) is 0 Å². The summed E-state index contributed by atoms with van der Waals surface area (Å²) in [4.78, 5) is 11.8. The highest BCUT2D eigenvalue weighted by Gasteiger charge is 2.03. The van der Waals surface area contributed by atoms with E-state index >= 15 is 0 Å². The Kier molecular flexibility index (Phi) is 6.81. The third-order valence-electron chi connectivity index (χ3n) is 3.09. The van der Waals surface area contributed by atoms with E-state index in [4.69, 9.17) is 9.47 Å². The van der Waals surface area contributed by atoms with E-state index in [-0.39, 0.29) is 5.91 Å². The zero-order valence-corrected chi connectivity index (χ0v) is 14.2. The van der Waals surface area contributed by atoms with Crippen molar-refractivity contribution in [3.8, 4) is 11.5 Å². The first kappa shape index (κ1) is 17.2. The number of ether oxygens (including phenoxy) is 2. The lowest BCUT2D eigenvalue weighted by Gasteiger charge is -2.08. The van der Waals surface area contributed by atoms with Crippen molar-refractivity contribution in [1.82, 2.24) is 0 Å². The van der Waals surface area contributed by atoms with Crippen molar-refractivity contribution < 1.29 is 14.3 Å². The van der Waals surface area contributed by atoms with Crippen molar-refractivity contribution >= 4 is 23.4 Å². The normalized spacial score (nSPS) is 10.2. The lowest BCUT2D eigenvalue weighted by molar-refractivity contribution is -0.113. The number of amides is 1. The van der Waals surface area contributed by atoms with Gasteiger partial charge in [-0.15, -0.1) is 11.8 Å². The molecule has 2 aromatic rings. The fourth-order valence-electron chi connectivity index (χ4n) is 1.98. The first-order valence-corrected chi connectivity index (χ1v) is 8.54. The average molecular weight is 331 g/mol. The van der Waals surface area contributed by atoms with Crippen LogP contribution in [0.25, 0.3) is 0 Å². The lowest BCUT2D eigenvalue weighted by atomic mass is 10.2. The summed E-state index contributed by atoms with van der Waals surface area (Å²) in [5.41, 5.74) is 1.97. The largest absolute Gasteiger partial charge is 0.497 e. The number of hydrogen-bond donors (Lipinski definition) is 1. The molecule has 2 rings (SSSR count). The molecular weight excluding hydrogens is 310 g/mol. The van der Waals surface area contributed by atoms with E-state index in [1.54, 1.807) is 18.9 Å². The minimum atomic E-state index is 0.00467. The van der Waals surface area contributed by atoms with Crippen molar-refractivity contribution in [2.75, 3.05) is 30.5 Å². The van der Waals surface area contributed by atoms with Gasteiger partial charge in [-0.1, -0.05) is 12.1 Å². The molecule has 0 radical (unpaired) electrons. The number of thioether (sulfide) groups is 1. The molecule has 0 spiro atoms. The lowest BCUT2D eigenvalue weighted by Crippen LogP contribution is -2.15. The number of hydrogen-bond acceptors (Lipinski definition) is 4. The predicted octanol–water partition coefficient (Wildman–Crippen LogP) is 3.75. The monoisotopic (exact) mass is 331 g/mol. The van der Waals surface area contributed by atoms with Crippen LogP contribution in [0.15, 0.2) is 48.5 Å². The third kappa shape index (κ3) is 6.24. The van der Waals surface area contributed by atoms with Gasteiger partial charge in [-0.25, -0.2) is 0 Å². The molecule has 4 nitrogen and oxygen atoms in total. The van der Waals surface area contributed by atoms with Crippen molar-refractivity contribution in [3.05, 3.63) is 54.1 Å². The number of aryl methyl sites for hydroxylation is 1. The molecule has 122 valence electrons. The van der Waals surface area contributed by atoms with Crippen molar-refractivity contribution in [2.45, 2.75) is 6.92 Å². The van der Waals surface area contributed by atoms with Crippen LogP contribution < -0.4 is 14.8 Å². The van der Waals surface area contributed by atoms with Crippen molar-refractivity contribution in [1.29, 1.82) is 0 Å². The molecule has 0 heterocycles. The summed E-state index contributed by atoms with van der Waals surface area (Å²) in [6.45, 7) is 2.57. The molecule has 0 saturated heterocycles. The summed E-state index contributed by atoms with van der Waals surface area (Å²) in [6.07, 6.45) is 0. The second-order valence-corrected chi connectivity index (χ2v) is 6.10. The van der Waals surface area contributed by atoms with Crippen LogP contribution in [0.5, 0.6) is 11.5 Å². The van der Waals surface area contributed by atoms with Crippen LogP contribution in [-0.4, -0.2) is 31.1 Å². The Balaban J connectivity index is 1.62. The topological polar surface area (TPSA) is 47.6 Å². The van der Waals surface area contributed by atoms with Crippen LogP contribution in [0.1, 0.15) is 5.56 Å². The minimum Gasteiger partial charge on any atom is -0.497 e. The molecule has 0 bridgehead atoms. The van der Waals surface area contributed by atoms with Gasteiger partial charge in [-0.3, -0.25) is 4.79 Å². The van der Waals surface area contributed by atoms with Gasteiger partial charge in [0.1, 0.15) is 11.5 Å². The fraction of sp³-hybridized carbons (Fsp3) is 0.278. The second-order valence-electron chi connectivity index (χ2n) is 4.99. The highest BCUT2D eigenvalue weighted by atomic mass is 32.2. The molecule has 5 heteroatoms. The molecule has 0 aliphatic heterocycles. The van der Waals surface area contributed by atoms with E-state index < -0.39 is 0 Å². The van der Waals surface area contributed by atoms with Gasteiger partial charge in [0.2, 0.25) is 5.91 Å². The first-order chi connectivity index (χ1) is 11.2. The van der Waals surface area contributed by atoms with Crippen LogP contribution in [0, 0.1) is 6.92 Å². The number of nitrogens with one attached hydrogen (secondary N) is 1. The highest BCUT2D eigenvalue weighted by molar-refractivity contribution is 7.99. The molecule has 0 saturated carbocycles. The fourth-order valence-corrected chi connectivity index (χ4v) is 2.58. The molecule has 23 heavy (non-hydrogen) atoms. The Labute approximate surface area is 141 Å². The summed E-state index contributed by atoms with van der Waals surface area (Å²) in [5.74, 6) is 2.79. The minimum absolute atomic E-state index is 0.00467. The Morgan fingerprint density at radius 3 is 2.57 bits per heavy atom. The smallest absolute Gasteiger partial charge is 0.234 e. The number of benzene rings is 2. The summed E-state index contributed by atoms with van der Waals surface area (Å²) >= 11 is 1.55. The van der Waals surface area contributed by atoms with E-state index in [9.17, 15) is 4.79 Å². The molecular formula is C18H21NO3S. The summed E-state index contributed by atoms with van der Waals surface area (Å²) in [5, 5.41) is 2.89. The van der Waals surface area contributed by atoms with Gasteiger partial charge in [0.15, 0.2) is 0 Å². The van der Waals surface area contributed by atoms with E-state index in [1.807, 2.05) is 55.5 Å². The SMILES string of the molecule is COc1ccc(OCCSCC(=O)Nc2cccc(C)c2)cc1. The van der Waals surface area contributed by atoms with Gasteiger partial charge >= 0.3 is 0 Å². The Morgan fingerprint density at radius 2 is 1.87 bits per heavy atom. The molecule has 0 aliphatic carbocycles. The maximum atomic E-state index is 11.8. The third-order valence-corrected chi connectivity index (χ3v) is 4.01. The molecule has 1 N–H and O–H groups in total. The zero-order valence-electron chi connectivity index (χ0n) is 13.4. The summed E-state index contributed by atoms with van der Waals surface area (Å²) in [7, 11) is 1.63. The first-order valence-electron chi connectivity index (χ1n) is 7.38. The molecule has 0 aliphatic rings. The van der Waals surface area contributed by atoms with Crippen molar-refractivity contribution in [3.63, 3.8) is 0 Å². The van der Waals surface area contributed by atoms with Crippen LogP contribution >= 0.6 is 11.8 Å². The van der Waals surface area contributed by atoms with Crippen LogP contribution in [0.3, 0.4) is 0 Å². The number of rotatable bonds is 8. The Bertz CT molecular complexity index is 628. The molecule has 0 atom stereocenters. The van der Waals surface area contributed by atoms with E-state index in [2.05, 4.69) is 5.32 Å². The summed E-state index contributed by atoms with van der Waals surface area (Å²) < 4.78 is 10.7. The highest BCUT2D eigenvalue weighted by Crippen LogP contribution is 2.17. The molecule has 0 unspecified atom stereocenters. The zero-order chi connectivity index (χ0) is 16.5. The Morgan fingerprint density at radius 1 is 1.13 bits per heavy atom. The van der Waals surface area contributed by atoms with E-state index in [0.29, 0.717) is 12.4 Å². The molecule has 0 aromatic heterocycles. The van der Waals surface area contributed by atoms with Gasteiger partial charge < -0.3 is 14.8 Å². The van der Waals surface area contributed by atoms with Crippen LogP contribution in [0.4, 0.5) is 5.69 Å².